The maximum Gasteiger partial charge on any atom is 0.195 e. The molecule has 0 atom stereocenters. The fourth-order valence-electron chi connectivity index (χ4n) is 1.10. The van der Waals surface area contributed by atoms with Gasteiger partial charge in [-0.05, 0) is 31.7 Å². The molecule has 2 aromatic rings. The van der Waals surface area contributed by atoms with E-state index in [0.29, 0.717) is 5.15 Å². The molecule has 3 nitrogen and oxygen atoms in total. The topological polar surface area (TPSA) is 38.7 Å². The highest BCUT2D eigenvalue weighted by atomic mass is 35.5. The molecule has 0 unspecified atom stereocenters. The van der Waals surface area contributed by atoms with Crippen molar-refractivity contribution in [2.24, 2.45) is 0 Å². The van der Waals surface area contributed by atoms with Gasteiger partial charge in [0.15, 0.2) is 9.50 Å². The van der Waals surface area contributed by atoms with E-state index in [4.69, 9.17) is 11.6 Å². The smallest absolute Gasteiger partial charge is 0.195 e. The number of nitrogens with zero attached hydrogens (tertiary/aromatic N) is 3. The van der Waals surface area contributed by atoms with E-state index < -0.39 is 0 Å². The molecule has 2 rings (SSSR count). The second-order valence-electron chi connectivity index (χ2n) is 2.97. The lowest BCUT2D eigenvalue weighted by molar-refractivity contribution is 0.901. The quantitative estimate of drug-likeness (QED) is 0.774. The molecule has 0 aliphatic carbocycles. The first-order chi connectivity index (χ1) is 7.13. The molecule has 6 heteroatoms. The Morgan fingerprint density at radius 1 is 1.20 bits per heavy atom. The largest absolute Gasteiger partial charge is 0.228 e. The third-order valence-corrected chi connectivity index (χ3v) is 3.72. The van der Waals surface area contributed by atoms with Crippen molar-refractivity contribution in [1.82, 2.24) is 15.0 Å². The molecule has 0 saturated heterocycles. The maximum atomic E-state index is 5.73. The molecule has 0 saturated carbocycles. The Morgan fingerprint density at radius 3 is 2.40 bits per heavy atom. The molecule has 0 aromatic carbocycles. The lowest BCUT2D eigenvalue weighted by Gasteiger charge is -1.99. The third-order valence-electron chi connectivity index (χ3n) is 1.60. The van der Waals surface area contributed by atoms with E-state index in [-0.39, 0.29) is 0 Å². The Labute approximate surface area is 101 Å². The number of aromatic nitrogens is 3. The van der Waals surface area contributed by atoms with Gasteiger partial charge in [0, 0.05) is 16.8 Å². The number of halogens is 1. The van der Waals surface area contributed by atoms with Crippen molar-refractivity contribution >= 4 is 34.7 Å². The number of rotatable bonds is 2. The van der Waals surface area contributed by atoms with Crippen LogP contribution >= 0.6 is 34.7 Å². The molecular formula is C9H8ClN3S2. The summed E-state index contributed by atoms with van der Waals surface area (Å²) < 4.78 is 0.866. The van der Waals surface area contributed by atoms with Gasteiger partial charge < -0.3 is 0 Å². The van der Waals surface area contributed by atoms with E-state index in [1.807, 2.05) is 19.9 Å². The molecule has 2 aromatic heterocycles. The maximum absolute atomic E-state index is 5.73. The van der Waals surface area contributed by atoms with Gasteiger partial charge in [0.25, 0.3) is 0 Å². The van der Waals surface area contributed by atoms with Crippen LogP contribution in [-0.2, 0) is 0 Å². The van der Waals surface area contributed by atoms with Crippen molar-refractivity contribution in [3.63, 3.8) is 0 Å². The Bertz CT molecular complexity index is 464. The van der Waals surface area contributed by atoms with Crippen LogP contribution in [0.2, 0.25) is 5.15 Å². The van der Waals surface area contributed by atoms with Crippen molar-refractivity contribution in [1.29, 1.82) is 0 Å². The summed E-state index contributed by atoms with van der Waals surface area (Å²) in [5.41, 5.74) is 1.93. The molecule has 0 N–H and O–H groups in total. The van der Waals surface area contributed by atoms with Crippen molar-refractivity contribution in [3.05, 3.63) is 28.0 Å². The summed E-state index contributed by atoms with van der Waals surface area (Å²) in [4.78, 5) is 12.8. The van der Waals surface area contributed by atoms with Crippen LogP contribution in [0, 0.1) is 13.8 Å². The van der Waals surface area contributed by atoms with E-state index in [1.165, 1.54) is 23.1 Å². The summed E-state index contributed by atoms with van der Waals surface area (Å²) in [5, 5.41) is 3.04. The van der Waals surface area contributed by atoms with E-state index in [2.05, 4.69) is 15.0 Å². The zero-order valence-electron chi connectivity index (χ0n) is 8.19. The van der Waals surface area contributed by atoms with Crippen LogP contribution in [0.1, 0.15) is 11.4 Å². The predicted octanol–water partition coefficient (Wildman–Crippen LogP) is 3.35. The number of hydrogen-bond acceptors (Lipinski definition) is 5. The molecule has 0 bridgehead atoms. The van der Waals surface area contributed by atoms with Crippen LogP contribution in [-0.4, -0.2) is 15.0 Å². The summed E-state index contributed by atoms with van der Waals surface area (Å²) in [5.74, 6) is 0. The van der Waals surface area contributed by atoms with Crippen LogP contribution in [0.4, 0.5) is 0 Å². The SMILES string of the molecule is Cc1cc(C)nc(Sc2nc(Cl)cs2)n1. The summed E-state index contributed by atoms with van der Waals surface area (Å²) in [7, 11) is 0. The molecule has 0 fully saturated rings. The van der Waals surface area contributed by atoms with E-state index >= 15 is 0 Å². The first-order valence-electron chi connectivity index (χ1n) is 4.24. The Hall–Kier alpha value is -0.650. The second kappa shape index (κ2) is 4.47. The Balaban J connectivity index is 2.24. The van der Waals surface area contributed by atoms with Gasteiger partial charge in [0.05, 0.1) is 0 Å². The van der Waals surface area contributed by atoms with E-state index in [0.717, 1.165) is 20.9 Å². The van der Waals surface area contributed by atoms with Gasteiger partial charge in [-0.1, -0.05) is 11.6 Å². The van der Waals surface area contributed by atoms with Crippen molar-refractivity contribution in [2.75, 3.05) is 0 Å². The Morgan fingerprint density at radius 2 is 1.87 bits per heavy atom. The van der Waals surface area contributed by atoms with Gasteiger partial charge in [-0.15, -0.1) is 11.3 Å². The van der Waals surface area contributed by atoms with Gasteiger partial charge in [0.1, 0.15) is 5.15 Å². The first kappa shape index (κ1) is 10.9. The predicted molar refractivity (Wildman–Crippen MR) is 62.8 cm³/mol. The molecule has 78 valence electrons. The summed E-state index contributed by atoms with van der Waals surface area (Å²) in [6.07, 6.45) is 0. The fourth-order valence-corrected chi connectivity index (χ4v) is 3.06. The fraction of sp³-hybridized carbons (Fsp3) is 0.222. The van der Waals surface area contributed by atoms with Crippen LogP contribution in [0.3, 0.4) is 0 Å². The van der Waals surface area contributed by atoms with Gasteiger partial charge in [-0.2, -0.15) is 0 Å². The van der Waals surface area contributed by atoms with Crippen LogP contribution in [0.25, 0.3) is 0 Å². The summed E-state index contributed by atoms with van der Waals surface area (Å²) >= 11 is 8.67. The van der Waals surface area contributed by atoms with Crippen molar-refractivity contribution < 1.29 is 0 Å². The number of hydrogen-bond donors (Lipinski definition) is 0. The minimum atomic E-state index is 0.520. The molecule has 0 aliphatic rings. The zero-order chi connectivity index (χ0) is 10.8. The molecule has 0 amide bonds. The van der Waals surface area contributed by atoms with Gasteiger partial charge in [0.2, 0.25) is 0 Å². The highest BCUT2D eigenvalue weighted by Gasteiger charge is 2.06. The summed E-state index contributed by atoms with van der Waals surface area (Å²) in [6.45, 7) is 3.90. The lowest BCUT2D eigenvalue weighted by Crippen LogP contribution is -1.92. The lowest BCUT2D eigenvalue weighted by atomic mass is 10.4. The van der Waals surface area contributed by atoms with E-state index in [9.17, 15) is 0 Å². The molecule has 0 radical (unpaired) electrons. The first-order valence-corrected chi connectivity index (χ1v) is 6.32. The van der Waals surface area contributed by atoms with Crippen molar-refractivity contribution in [2.45, 2.75) is 23.3 Å². The average molecular weight is 258 g/mol. The molecule has 0 aliphatic heterocycles. The number of aryl methyl sites for hydroxylation is 2. The highest BCUT2D eigenvalue weighted by molar-refractivity contribution is 8.00. The average Bonchev–Trinajstić information content (AvgIpc) is 2.49. The van der Waals surface area contributed by atoms with Crippen molar-refractivity contribution in [3.8, 4) is 0 Å². The van der Waals surface area contributed by atoms with Crippen LogP contribution in [0.5, 0.6) is 0 Å². The normalized spacial score (nSPS) is 10.6. The third kappa shape index (κ3) is 2.90. The van der Waals surface area contributed by atoms with Crippen LogP contribution in [0.15, 0.2) is 20.9 Å². The summed E-state index contributed by atoms with van der Waals surface area (Å²) in [6, 6.07) is 1.94. The number of thiazole rings is 1. The monoisotopic (exact) mass is 257 g/mol. The molecule has 0 spiro atoms. The second-order valence-corrected chi connectivity index (χ2v) is 5.43. The highest BCUT2D eigenvalue weighted by Crippen LogP contribution is 2.29. The van der Waals surface area contributed by atoms with Gasteiger partial charge in [-0.25, -0.2) is 15.0 Å². The molecular weight excluding hydrogens is 250 g/mol. The molecule has 15 heavy (non-hydrogen) atoms. The minimum Gasteiger partial charge on any atom is -0.228 e. The minimum absolute atomic E-state index is 0.520. The van der Waals surface area contributed by atoms with Crippen LogP contribution < -0.4 is 0 Å². The van der Waals surface area contributed by atoms with Gasteiger partial charge in [-0.3, -0.25) is 0 Å². The Kier molecular flexibility index (Phi) is 3.23. The van der Waals surface area contributed by atoms with E-state index in [1.54, 1.807) is 5.38 Å². The standard InChI is InChI=1S/C9H8ClN3S2/c1-5-3-6(2)12-8(11-5)15-9-13-7(10)4-14-9/h3-4H,1-2H3. The van der Waals surface area contributed by atoms with Gasteiger partial charge >= 0.3 is 0 Å². The molecule has 2 heterocycles. The zero-order valence-corrected chi connectivity index (χ0v) is 10.6.